The highest BCUT2D eigenvalue weighted by atomic mass is 127. The van der Waals surface area contributed by atoms with Gasteiger partial charge >= 0.3 is 0 Å². The van der Waals surface area contributed by atoms with E-state index in [9.17, 15) is 14.4 Å². The van der Waals surface area contributed by atoms with Gasteiger partial charge in [-0.3, -0.25) is 24.2 Å². The van der Waals surface area contributed by atoms with E-state index >= 15 is 0 Å². The van der Waals surface area contributed by atoms with Gasteiger partial charge in [-0.2, -0.15) is 0 Å². The highest BCUT2D eigenvalue weighted by Crippen LogP contribution is 2.65. The van der Waals surface area contributed by atoms with Crippen molar-refractivity contribution in [1.82, 2.24) is 20.4 Å². The molecule has 15 rings (SSSR count). The number of hydrogen-bond donors (Lipinski definition) is 4. The summed E-state index contributed by atoms with van der Waals surface area (Å²) >= 11 is 9.34. The number of amides is 3. The van der Waals surface area contributed by atoms with E-state index in [0.29, 0.717) is 41.9 Å². The second-order valence-electron chi connectivity index (χ2n) is 27.6. The average Bonchev–Trinajstić information content (AvgIpc) is 1.54. The largest absolute Gasteiger partial charge is 0.493 e. The number of fused-ring (bicyclic) bond motifs is 9. The molecule has 7 fully saturated rings. The third-order valence-electron chi connectivity index (χ3n) is 22.5. The summed E-state index contributed by atoms with van der Waals surface area (Å²) in [5.74, 6) is 6.12. The molecule has 9 aliphatic carbocycles. The van der Waals surface area contributed by atoms with E-state index in [1.165, 1.54) is 66.7 Å². The van der Waals surface area contributed by atoms with E-state index in [0.717, 1.165) is 161 Å². The van der Waals surface area contributed by atoms with Gasteiger partial charge in [-0.25, -0.2) is 9.98 Å². The fraction of sp³-hybridized carbons (Fsp3) is 0.667. The summed E-state index contributed by atoms with van der Waals surface area (Å²) in [6, 6.07) is 19.0. The zero-order valence-electron chi connectivity index (χ0n) is 55.8. The predicted molar refractivity (Wildman–Crippen MR) is 376 cm³/mol. The van der Waals surface area contributed by atoms with Gasteiger partial charge < -0.3 is 50.5 Å². The number of thioether (sulfide) groups is 1. The van der Waals surface area contributed by atoms with Crippen molar-refractivity contribution in [2.24, 2.45) is 55.5 Å². The van der Waals surface area contributed by atoms with Crippen molar-refractivity contribution < 1.29 is 42.8 Å². The van der Waals surface area contributed by atoms with E-state index in [2.05, 4.69) is 114 Å². The summed E-state index contributed by atoms with van der Waals surface area (Å²) in [5, 5.41) is 7.61. The number of halogens is 1. The molecule has 3 unspecified atom stereocenters. The van der Waals surface area contributed by atoms with Crippen molar-refractivity contribution in [2.45, 2.75) is 197 Å². The molecule has 502 valence electrons. The zero-order chi connectivity index (χ0) is 65.2. The number of carbonyl (C=O) groups is 3. The summed E-state index contributed by atoms with van der Waals surface area (Å²) in [4.78, 5) is 55.0. The lowest BCUT2D eigenvalue weighted by atomic mass is 9.61. The number of alkyl halides is 1. The maximum Gasteiger partial charge on any atom is 0.262 e. The maximum atomic E-state index is 14.1. The number of nitrogens with two attached hydrogens (primary N) is 2. The molecule has 3 atom stereocenters. The third kappa shape index (κ3) is 12.5. The lowest BCUT2D eigenvalue weighted by Crippen LogP contribution is -2.56. The number of hydrogen-bond acceptors (Lipinski definition) is 15. The highest BCUT2D eigenvalue weighted by Gasteiger charge is 2.69. The van der Waals surface area contributed by atoms with Crippen LogP contribution in [0.2, 0.25) is 0 Å². The summed E-state index contributed by atoms with van der Waals surface area (Å²) < 4.78 is 36.3. The van der Waals surface area contributed by atoms with Gasteiger partial charge in [-0.05, 0) is 266 Å². The molecule has 3 heterocycles. The minimum Gasteiger partial charge on any atom is -0.493 e. The number of amidine groups is 1. The molecule has 6 saturated carbocycles. The fourth-order valence-electron chi connectivity index (χ4n) is 17.0. The fourth-order valence-corrected chi connectivity index (χ4v) is 18.1. The van der Waals surface area contributed by atoms with E-state index in [4.69, 9.17) is 56.4 Å². The first-order valence-electron chi connectivity index (χ1n) is 34.4. The van der Waals surface area contributed by atoms with Crippen LogP contribution in [0.5, 0.6) is 17.2 Å². The Morgan fingerprint density at radius 1 is 0.565 bits per heavy atom. The lowest BCUT2D eigenvalue weighted by Gasteiger charge is -2.46. The molecule has 17 nitrogen and oxygen atoms in total. The van der Waals surface area contributed by atoms with Crippen molar-refractivity contribution in [3.63, 3.8) is 0 Å². The van der Waals surface area contributed by atoms with E-state index in [1.807, 2.05) is 11.8 Å². The van der Waals surface area contributed by atoms with Crippen molar-refractivity contribution in [1.29, 1.82) is 0 Å². The Morgan fingerprint density at radius 3 is 1.29 bits per heavy atom. The van der Waals surface area contributed by atoms with Crippen molar-refractivity contribution in [2.75, 3.05) is 71.5 Å². The number of nitrogens with zero attached hydrogens (tertiary/aromatic N) is 4. The summed E-state index contributed by atoms with van der Waals surface area (Å²) in [5.41, 5.74) is 14.6. The number of aliphatic imine (C=N–C) groups is 2. The van der Waals surface area contributed by atoms with Crippen LogP contribution in [0.25, 0.3) is 0 Å². The topological polar surface area (TPSA) is 214 Å². The van der Waals surface area contributed by atoms with Crippen molar-refractivity contribution in [3.05, 3.63) is 88.0 Å². The van der Waals surface area contributed by atoms with Gasteiger partial charge in [0.05, 0.1) is 38.1 Å². The summed E-state index contributed by atoms with van der Waals surface area (Å²) in [6.07, 6.45) is 22.5. The number of guanidine groups is 1. The Morgan fingerprint density at radius 2 is 0.935 bits per heavy atom. The third-order valence-corrected chi connectivity index (χ3v) is 23.6. The Balaban J connectivity index is 0.000000137. The molecule has 3 amide bonds. The minimum atomic E-state index is -0.917. The smallest absolute Gasteiger partial charge is 0.262 e. The predicted octanol–water partition coefficient (Wildman–Crippen LogP) is 11.6. The van der Waals surface area contributed by atoms with Crippen LogP contribution in [0.4, 0.5) is 0 Å². The molecule has 1 saturated heterocycles. The molecule has 0 bridgehead atoms. The quantitative estimate of drug-likeness (QED) is 0.0633. The molecular formula is C72H101IN8O9S2. The van der Waals surface area contributed by atoms with Gasteiger partial charge in [-0.15, -0.1) is 0 Å². The Labute approximate surface area is 569 Å². The second kappa shape index (κ2) is 28.6. The summed E-state index contributed by atoms with van der Waals surface area (Å²) in [6.45, 7) is 11.8. The number of ether oxygens (including phenoxy) is 6. The lowest BCUT2D eigenvalue weighted by molar-refractivity contribution is -0.138. The number of likely N-dealkylation sites (N-methyl/N-ethyl adjacent to an activating group) is 2. The molecule has 6 spiro atoms. The van der Waals surface area contributed by atoms with Crippen LogP contribution in [0.15, 0.2) is 64.6 Å². The van der Waals surface area contributed by atoms with Crippen LogP contribution >= 0.6 is 46.6 Å². The number of thiocarbonyl (C=S) groups is 1. The molecule has 3 aromatic rings. The van der Waals surface area contributed by atoms with Gasteiger partial charge in [0.2, 0.25) is 0 Å². The molecule has 0 radical (unpaired) electrons. The standard InChI is InChI=1S/C25H34N2O3S.C23H31N3O3.C21H26N2O3S.C2H5I.CH5N/c1-4-27-22(28)25(26-23(27)31-5-2)21-14-20(30-16-17-6-7-17)9-8-18(21)15-24(25)12-10-19(29-3)11-13-24;1-3-26-20(27)23(25-21(26)24)19-12-18(29-14-15-4-5-15)7-6-16(19)13-22(23)10-8-17(28-2)9-11-22;1-25-15-6-8-20(9-7-15)11-14-4-5-16(26-12-13-2-3-13)10-17(14)21(20)18(24)22-19(27)23-21;1-2-3;1-2/h8-9,14,17,19H,4-7,10-13,15-16H2,1-3H3;6-7,12,15,17H,3-5,8-11,13-14H2,1-2H3,(H2,24,25);4-5,10,13,15H,2-3,6-9,11-12H2,1H3,(H2,22,23,24,27);2H2,1H3;2H2,1H3. The first-order valence-corrected chi connectivity index (χ1v) is 37.4. The van der Waals surface area contributed by atoms with Crippen LogP contribution in [0.1, 0.15) is 177 Å². The van der Waals surface area contributed by atoms with Gasteiger partial charge in [-0.1, -0.05) is 66.4 Å². The molecule has 3 aliphatic heterocycles. The molecule has 92 heavy (non-hydrogen) atoms. The summed E-state index contributed by atoms with van der Waals surface area (Å²) in [7, 11) is 6.86. The minimum absolute atomic E-state index is 0.0125. The van der Waals surface area contributed by atoms with Gasteiger partial charge in [0.15, 0.2) is 32.9 Å². The van der Waals surface area contributed by atoms with Gasteiger partial charge in [0.1, 0.15) is 17.2 Å². The second-order valence-corrected chi connectivity index (χ2v) is 30.8. The maximum absolute atomic E-state index is 14.1. The normalized spacial score (nSPS) is 31.8. The van der Waals surface area contributed by atoms with E-state index < -0.39 is 16.6 Å². The van der Waals surface area contributed by atoms with Crippen LogP contribution in [-0.4, -0.2) is 134 Å². The number of rotatable bonds is 15. The Kier molecular flexibility index (Phi) is 21.4. The zero-order valence-corrected chi connectivity index (χ0v) is 59.6. The SMILES string of the molecule is CCI.CCN1C(=O)C2(N=C1N)c1cc(OCC3CC3)ccc1CC21CCC(OC)CC1.CCSC1=NC2(C(=O)N1CC)c1cc(OCC3CC3)ccc1CC21CCC(OC)CC1.CN.COC1CCC2(CC1)Cc1ccc(OCC3CC3)cc1C21NC(=S)NC1=O. The monoisotopic (exact) mass is 1410 g/mol. The molecule has 0 aromatic heterocycles. The van der Waals surface area contributed by atoms with Gasteiger partial charge in [0, 0.05) is 50.7 Å². The van der Waals surface area contributed by atoms with E-state index in [1.54, 1.807) is 38.0 Å². The van der Waals surface area contributed by atoms with Crippen molar-refractivity contribution in [3.8, 4) is 17.2 Å². The molecule has 12 aliphatic rings. The first-order chi connectivity index (χ1) is 44.6. The van der Waals surface area contributed by atoms with Gasteiger partial charge in [0.25, 0.3) is 17.7 Å². The van der Waals surface area contributed by atoms with Crippen LogP contribution in [0, 0.1) is 34.0 Å². The van der Waals surface area contributed by atoms with Crippen molar-refractivity contribution >= 4 is 80.5 Å². The highest BCUT2D eigenvalue weighted by molar-refractivity contribution is 14.1. The number of methoxy groups -OCH3 is 3. The van der Waals surface area contributed by atoms with Crippen LogP contribution in [0.3, 0.4) is 0 Å². The molecule has 6 N–H and O–H groups in total. The van der Waals surface area contributed by atoms with E-state index in [-0.39, 0.29) is 52.3 Å². The van der Waals surface area contributed by atoms with Crippen LogP contribution < -0.4 is 36.3 Å². The number of benzene rings is 3. The van der Waals surface area contributed by atoms with Crippen LogP contribution in [-0.2, 0) is 64.5 Å². The molecule has 3 aromatic carbocycles. The number of nitrogens with one attached hydrogen (secondary N) is 2. The Bertz CT molecular complexity index is 3240. The molecular weight excluding hydrogens is 1310 g/mol. The molecule has 20 heteroatoms. The number of carbonyl (C=O) groups excluding carboxylic acids is 3. The average molecular weight is 1410 g/mol. The first kappa shape index (κ1) is 68.8. The Hall–Kier alpha value is -4.58.